The van der Waals surface area contributed by atoms with Crippen molar-refractivity contribution in [2.75, 3.05) is 21.3 Å². The first kappa shape index (κ1) is 23.4. The normalized spacial score (nSPS) is 10.9. The van der Waals surface area contributed by atoms with E-state index < -0.39 is 17.5 Å². The van der Waals surface area contributed by atoms with Crippen molar-refractivity contribution in [3.8, 4) is 5.75 Å². The largest absolute Gasteiger partial charge is 0.494 e. The second-order valence-corrected chi connectivity index (χ2v) is 7.14. The summed E-state index contributed by atoms with van der Waals surface area (Å²) in [6.45, 7) is 0.945. The molecule has 9 heteroatoms. The highest BCUT2D eigenvalue weighted by molar-refractivity contribution is 5.95. The van der Waals surface area contributed by atoms with E-state index in [9.17, 15) is 13.6 Å². The van der Waals surface area contributed by atoms with Crippen LogP contribution in [0.5, 0.6) is 5.75 Å². The van der Waals surface area contributed by atoms with Gasteiger partial charge >= 0.3 is 0 Å². The molecule has 2 aromatic carbocycles. The average molecular weight is 444 g/mol. The number of rotatable bonds is 10. The van der Waals surface area contributed by atoms with Gasteiger partial charge in [0.25, 0.3) is 5.91 Å². The SMILES string of the molecule is CNCc1ccccc1Cn1cc(C(=O)NCc2c(F)ccc(OC)c2F)c(COC)n1. The minimum atomic E-state index is -0.846. The van der Waals surface area contributed by atoms with E-state index >= 15 is 0 Å². The van der Waals surface area contributed by atoms with Crippen molar-refractivity contribution < 1.29 is 23.0 Å². The van der Waals surface area contributed by atoms with Gasteiger partial charge in [0, 0.05) is 32.0 Å². The zero-order valence-electron chi connectivity index (χ0n) is 18.2. The maximum Gasteiger partial charge on any atom is 0.255 e. The molecule has 0 radical (unpaired) electrons. The number of methoxy groups -OCH3 is 2. The van der Waals surface area contributed by atoms with Crippen molar-refractivity contribution in [3.05, 3.63) is 82.2 Å². The topological polar surface area (TPSA) is 77.4 Å². The van der Waals surface area contributed by atoms with Crippen LogP contribution < -0.4 is 15.4 Å². The summed E-state index contributed by atoms with van der Waals surface area (Å²) in [5.41, 5.74) is 2.61. The number of amides is 1. The van der Waals surface area contributed by atoms with Crippen LogP contribution >= 0.6 is 0 Å². The fourth-order valence-electron chi connectivity index (χ4n) is 3.38. The van der Waals surface area contributed by atoms with E-state index in [1.165, 1.54) is 20.3 Å². The summed E-state index contributed by atoms with van der Waals surface area (Å²) in [6.07, 6.45) is 1.61. The molecule has 0 bridgehead atoms. The van der Waals surface area contributed by atoms with Crippen LogP contribution in [0.15, 0.2) is 42.6 Å². The van der Waals surface area contributed by atoms with Crippen molar-refractivity contribution in [3.63, 3.8) is 0 Å². The number of carbonyl (C=O) groups excluding carboxylic acids is 1. The maximum atomic E-state index is 14.4. The Hall–Kier alpha value is -3.30. The Kier molecular flexibility index (Phi) is 7.91. The Morgan fingerprint density at radius 2 is 1.84 bits per heavy atom. The molecule has 0 saturated carbocycles. The van der Waals surface area contributed by atoms with Gasteiger partial charge in [-0.2, -0.15) is 5.10 Å². The molecule has 0 fully saturated rings. The smallest absolute Gasteiger partial charge is 0.255 e. The number of benzene rings is 2. The van der Waals surface area contributed by atoms with Crippen LogP contribution in [0.2, 0.25) is 0 Å². The van der Waals surface area contributed by atoms with Crippen LogP contribution in [0.25, 0.3) is 0 Å². The van der Waals surface area contributed by atoms with E-state index in [1.807, 2.05) is 31.3 Å². The van der Waals surface area contributed by atoms with E-state index in [0.717, 1.165) is 17.2 Å². The number of carbonyl (C=O) groups is 1. The fraction of sp³-hybridized carbons (Fsp3) is 0.304. The highest BCUT2D eigenvalue weighted by Gasteiger charge is 2.19. The summed E-state index contributed by atoms with van der Waals surface area (Å²) in [7, 11) is 4.67. The third-order valence-corrected chi connectivity index (χ3v) is 4.98. The molecule has 0 saturated heterocycles. The zero-order valence-corrected chi connectivity index (χ0v) is 18.2. The van der Waals surface area contributed by atoms with Crippen LogP contribution in [0, 0.1) is 11.6 Å². The van der Waals surface area contributed by atoms with Crippen molar-refractivity contribution >= 4 is 5.91 Å². The van der Waals surface area contributed by atoms with Crippen molar-refractivity contribution in [1.29, 1.82) is 0 Å². The molecule has 0 spiro atoms. The number of hydrogen-bond donors (Lipinski definition) is 2. The van der Waals surface area contributed by atoms with Gasteiger partial charge in [-0.05, 0) is 30.3 Å². The second kappa shape index (κ2) is 10.8. The van der Waals surface area contributed by atoms with Gasteiger partial charge in [-0.3, -0.25) is 9.48 Å². The summed E-state index contributed by atoms with van der Waals surface area (Å²) in [5, 5.41) is 10.2. The van der Waals surface area contributed by atoms with Gasteiger partial charge < -0.3 is 20.1 Å². The molecule has 3 rings (SSSR count). The molecule has 2 N–H and O–H groups in total. The molecule has 0 aliphatic rings. The Morgan fingerprint density at radius 1 is 1.09 bits per heavy atom. The van der Waals surface area contributed by atoms with Gasteiger partial charge in [0.2, 0.25) is 0 Å². The predicted octanol–water partition coefficient (Wildman–Crippen LogP) is 3.01. The summed E-state index contributed by atoms with van der Waals surface area (Å²) >= 11 is 0. The number of nitrogens with zero attached hydrogens (tertiary/aromatic N) is 2. The summed E-state index contributed by atoms with van der Waals surface area (Å²) in [5.74, 6) is -2.21. The zero-order chi connectivity index (χ0) is 23.1. The minimum absolute atomic E-state index is 0.0937. The first-order valence-corrected chi connectivity index (χ1v) is 10.0. The molecule has 1 heterocycles. The number of halogens is 2. The van der Waals surface area contributed by atoms with Crippen molar-refractivity contribution in [2.45, 2.75) is 26.2 Å². The van der Waals surface area contributed by atoms with Crippen LogP contribution in [-0.2, 0) is 31.0 Å². The molecule has 32 heavy (non-hydrogen) atoms. The molecule has 1 aromatic heterocycles. The van der Waals surface area contributed by atoms with Gasteiger partial charge in [-0.25, -0.2) is 8.78 Å². The van der Waals surface area contributed by atoms with E-state index in [0.29, 0.717) is 18.8 Å². The Balaban J connectivity index is 1.80. The third-order valence-electron chi connectivity index (χ3n) is 4.98. The lowest BCUT2D eigenvalue weighted by atomic mass is 10.1. The lowest BCUT2D eigenvalue weighted by Gasteiger charge is -2.10. The van der Waals surface area contributed by atoms with Gasteiger partial charge in [0.1, 0.15) is 11.5 Å². The number of ether oxygens (including phenoxy) is 2. The van der Waals surface area contributed by atoms with E-state index in [-0.39, 0.29) is 30.0 Å². The van der Waals surface area contributed by atoms with Crippen molar-refractivity contribution in [1.82, 2.24) is 20.4 Å². The number of aromatic nitrogens is 2. The summed E-state index contributed by atoms with van der Waals surface area (Å²) < 4.78 is 40.2. The molecule has 0 aliphatic heterocycles. The first-order valence-electron chi connectivity index (χ1n) is 10.0. The van der Waals surface area contributed by atoms with Crippen LogP contribution in [-0.4, -0.2) is 37.0 Å². The molecule has 3 aromatic rings. The molecule has 0 atom stereocenters. The van der Waals surface area contributed by atoms with Gasteiger partial charge in [0.05, 0.1) is 25.8 Å². The minimum Gasteiger partial charge on any atom is -0.494 e. The first-order chi connectivity index (χ1) is 15.5. The predicted molar refractivity (Wildman–Crippen MR) is 115 cm³/mol. The Bertz CT molecular complexity index is 1090. The monoisotopic (exact) mass is 444 g/mol. The molecule has 0 unspecified atom stereocenters. The second-order valence-electron chi connectivity index (χ2n) is 7.14. The molecule has 7 nitrogen and oxygen atoms in total. The lowest BCUT2D eigenvalue weighted by molar-refractivity contribution is 0.0945. The summed E-state index contributed by atoms with van der Waals surface area (Å²) in [4.78, 5) is 12.8. The van der Waals surface area contributed by atoms with Gasteiger partial charge in [0.15, 0.2) is 11.6 Å². The van der Waals surface area contributed by atoms with E-state index in [2.05, 4.69) is 15.7 Å². The molecular formula is C23H26F2N4O3. The van der Waals surface area contributed by atoms with Crippen LogP contribution in [0.1, 0.15) is 32.7 Å². The molecular weight excluding hydrogens is 418 g/mol. The maximum absolute atomic E-state index is 14.4. The van der Waals surface area contributed by atoms with Crippen LogP contribution in [0.4, 0.5) is 8.78 Å². The van der Waals surface area contributed by atoms with Gasteiger partial charge in [-0.15, -0.1) is 0 Å². The third kappa shape index (κ3) is 5.30. The molecule has 1 amide bonds. The molecule has 170 valence electrons. The van der Waals surface area contributed by atoms with Crippen molar-refractivity contribution in [2.24, 2.45) is 0 Å². The molecule has 0 aliphatic carbocycles. The highest BCUT2D eigenvalue weighted by atomic mass is 19.1. The Morgan fingerprint density at radius 3 is 2.53 bits per heavy atom. The van der Waals surface area contributed by atoms with Gasteiger partial charge in [-0.1, -0.05) is 24.3 Å². The highest BCUT2D eigenvalue weighted by Crippen LogP contribution is 2.23. The summed E-state index contributed by atoms with van der Waals surface area (Å²) in [6, 6.07) is 10.2. The standard InChI is InChI=1S/C23H26F2N4O3/c1-26-10-15-6-4-5-7-16(15)12-29-13-18(20(28-29)14-31-2)23(30)27-11-17-19(24)8-9-21(32-3)22(17)25/h4-9,13,26H,10-12,14H2,1-3H3,(H,27,30). The van der Waals surface area contributed by atoms with E-state index in [4.69, 9.17) is 9.47 Å². The van der Waals surface area contributed by atoms with E-state index in [1.54, 1.807) is 10.9 Å². The Labute approximate surface area is 185 Å². The quantitative estimate of drug-likeness (QED) is 0.503. The fourth-order valence-corrected chi connectivity index (χ4v) is 3.38. The average Bonchev–Trinajstić information content (AvgIpc) is 3.18. The number of nitrogens with one attached hydrogen (secondary N) is 2. The lowest BCUT2D eigenvalue weighted by Crippen LogP contribution is -2.25. The number of hydrogen-bond acceptors (Lipinski definition) is 5. The van der Waals surface area contributed by atoms with Crippen LogP contribution in [0.3, 0.4) is 0 Å².